The van der Waals surface area contributed by atoms with Crippen LogP contribution in [0.15, 0.2) is 0 Å². The lowest BCUT2D eigenvalue weighted by molar-refractivity contribution is -0.120. The minimum atomic E-state index is -1.03. The summed E-state index contributed by atoms with van der Waals surface area (Å²) in [6.07, 6.45) is 0. The molecule has 0 atom stereocenters. The summed E-state index contributed by atoms with van der Waals surface area (Å²) in [6, 6.07) is -0.432. The molecule has 3 N–H and O–H groups in total. The molecule has 0 saturated carbocycles. The van der Waals surface area contributed by atoms with Crippen LogP contribution in [0, 0.1) is 6.92 Å². The molecular formula is C11H16N4O4S. The summed E-state index contributed by atoms with van der Waals surface area (Å²) < 4.78 is 0. The molecule has 0 bridgehead atoms. The summed E-state index contributed by atoms with van der Waals surface area (Å²) in [5.41, 5.74) is 0.422. The molecule has 0 fully saturated rings. The molecule has 1 rings (SSSR count). The Kier molecular flexibility index (Phi) is 5.44. The van der Waals surface area contributed by atoms with E-state index >= 15 is 0 Å². The fourth-order valence-corrected chi connectivity index (χ4v) is 2.22. The Morgan fingerprint density at radius 1 is 1.40 bits per heavy atom. The zero-order chi connectivity index (χ0) is 15.3. The lowest BCUT2D eigenvalue weighted by Crippen LogP contribution is -2.42. The molecular weight excluding hydrogens is 284 g/mol. The molecule has 0 saturated heterocycles. The molecule has 9 heteroatoms. The number of aromatic nitrogens is 1. The first kappa shape index (κ1) is 15.9. The number of hydrogen-bond donors (Lipinski definition) is 3. The van der Waals surface area contributed by atoms with E-state index in [-0.39, 0.29) is 23.9 Å². The number of carbonyl (C=O) groups excluding carboxylic acids is 2. The van der Waals surface area contributed by atoms with Crippen LogP contribution in [0.4, 0.5) is 4.79 Å². The molecule has 1 aromatic heterocycles. The maximum Gasteiger partial charge on any atom is 0.347 e. The quantitative estimate of drug-likeness (QED) is 0.710. The van der Waals surface area contributed by atoms with Gasteiger partial charge >= 0.3 is 12.0 Å². The second-order valence-corrected chi connectivity index (χ2v) is 5.10. The lowest BCUT2D eigenvalue weighted by Gasteiger charge is -2.16. The van der Waals surface area contributed by atoms with Crippen molar-refractivity contribution in [3.8, 4) is 0 Å². The Hall–Kier alpha value is -2.16. The van der Waals surface area contributed by atoms with Gasteiger partial charge in [-0.3, -0.25) is 4.79 Å². The number of rotatable bonds is 5. The van der Waals surface area contributed by atoms with Gasteiger partial charge in [-0.25, -0.2) is 14.6 Å². The Bertz CT molecular complexity index is 528. The highest BCUT2D eigenvalue weighted by molar-refractivity contribution is 7.13. The van der Waals surface area contributed by atoms with E-state index in [1.807, 2.05) is 0 Å². The molecule has 0 aromatic carbocycles. The maximum atomic E-state index is 11.7. The van der Waals surface area contributed by atoms with Gasteiger partial charge < -0.3 is 20.6 Å². The van der Waals surface area contributed by atoms with Crippen molar-refractivity contribution < 1.29 is 19.5 Å². The van der Waals surface area contributed by atoms with Crippen LogP contribution in [-0.4, -0.2) is 53.5 Å². The fraction of sp³-hybridized carbons (Fsp3) is 0.455. The number of aryl methyl sites for hydroxylation is 1. The molecule has 1 aromatic rings. The van der Waals surface area contributed by atoms with Crippen molar-refractivity contribution in [1.82, 2.24) is 20.5 Å². The molecule has 110 valence electrons. The lowest BCUT2D eigenvalue weighted by atomic mass is 10.4. The number of aromatic carboxylic acids is 1. The minimum absolute atomic E-state index is 0.0559. The SMILES string of the molecule is CNC(=O)CN(C)C(=O)NCc1nc(C)c(C(=O)O)s1. The van der Waals surface area contributed by atoms with Crippen LogP contribution >= 0.6 is 11.3 Å². The van der Waals surface area contributed by atoms with Gasteiger partial charge in [0.1, 0.15) is 16.4 Å². The number of carboxylic acids is 1. The smallest absolute Gasteiger partial charge is 0.347 e. The van der Waals surface area contributed by atoms with Gasteiger partial charge in [0.2, 0.25) is 5.91 Å². The molecule has 0 radical (unpaired) electrons. The first-order valence-electron chi connectivity index (χ1n) is 5.74. The van der Waals surface area contributed by atoms with Crippen molar-refractivity contribution >= 4 is 29.2 Å². The number of urea groups is 1. The van der Waals surface area contributed by atoms with Crippen LogP contribution in [0.5, 0.6) is 0 Å². The van der Waals surface area contributed by atoms with E-state index in [1.165, 1.54) is 19.0 Å². The third-order valence-electron chi connectivity index (χ3n) is 2.43. The van der Waals surface area contributed by atoms with Crippen molar-refractivity contribution in [3.05, 3.63) is 15.6 Å². The minimum Gasteiger partial charge on any atom is -0.477 e. The van der Waals surface area contributed by atoms with E-state index < -0.39 is 12.0 Å². The number of amides is 3. The van der Waals surface area contributed by atoms with Crippen LogP contribution in [0.1, 0.15) is 20.4 Å². The van der Waals surface area contributed by atoms with Crippen LogP contribution in [-0.2, 0) is 11.3 Å². The van der Waals surface area contributed by atoms with Crippen molar-refractivity contribution in [2.75, 3.05) is 20.6 Å². The van der Waals surface area contributed by atoms with E-state index in [1.54, 1.807) is 6.92 Å². The molecule has 20 heavy (non-hydrogen) atoms. The van der Waals surface area contributed by atoms with Gasteiger partial charge in [0.15, 0.2) is 0 Å². The molecule has 8 nitrogen and oxygen atoms in total. The number of hydrogen-bond acceptors (Lipinski definition) is 5. The summed E-state index contributed by atoms with van der Waals surface area (Å²) in [7, 11) is 2.97. The van der Waals surface area contributed by atoms with Crippen LogP contribution in [0.2, 0.25) is 0 Å². The molecule has 1 heterocycles. The van der Waals surface area contributed by atoms with Gasteiger partial charge in [0.25, 0.3) is 0 Å². The fourth-order valence-electron chi connectivity index (χ4n) is 1.38. The largest absolute Gasteiger partial charge is 0.477 e. The molecule has 0 spiro atoms. The predicted molar refractivity (Wildman–Crippen MR) is 72.7 cm³/mol. The molecule has 0 aliphatic carbocycles. The summed E-state index contributed by atoms with van der Waals surface area (Å²) in [4.78, 5) is 39.1. The average molecular weight is 300 g/mol. The highest BCUT2D eigenvalue weighted by Crippen LogP contribution is 2.17. The second kappa shape index (κ2) is 6.85. The Balaban J connectivity index is 2.54. The van der Waals surface area contributed by atoms with E-state index in [2.05, 4.69) is 15.6 Å². The van der Waals surface area contributed by atoms with Gasteiger partial charge in [-0.2, -0.15) is 0 Å². The predicted octanol–water partition coefficient (Wildman–Crippen LogP) is 0.0371. The number of thiazole rings is 1. The Labute approximate surface area is 119 Å². The molecule has 0 aliphatic heterocycles. The monoisotopic (exact) mass is 300 g/mol. The van der Waals surface area contributed by atoms with Crippen LogP contribution in [0.3, 0.4) is 0 Å². The first-order chi connectivity index (χ1) is 9.35. The molecule has 0 aliphatic rings. The molecule has 0 unspecified atom stereocenters. The second-order valence-electron chi connectivity index (χ2n) is 4.02. The van der Waals surface area contributed by atoms with Gasteiger partial charge in [0.05, 0.1) is 12.2 Å². The topological polar surface area (TPSA) is 112 Å². The van der Waals surface area contributed by atoms with Crippen molar-refractivity contribution in [2.45, 2.75) is 13.5 Å². The first-order valence-corrected chi connectivity index (χ1v) is 6.56. The Morgan fingerprint density at radius 2 is 2.05 bits per heavy atom. The number of nitrogens with one attached hydrogen (secondary N) is 2. The standard InChI is InChI=1S/C11H16N4O4S/c1-6-9(10(17)18)20-8(14-6)4-13-11(19)15(3)5-7(16)12-2/h4-5H2,1-3H3,(H,12,16)(H,13,19)(H,17,18). The van der Waals surface area contributed by atoms with Gasteiger partial charge in [0, 0.05) is 14.1 Å². The van der Waals surface area contributed by atoms with Crippen molar-refractivity contribution in [2.24, 2.45) is 0 Å². The molecule has 3 amide bonds. The summed E-state index contributed by atoms with van der Waals surface area (Å²) in [5, 5.41) is 14.4. The van der Waals surface area contributed by atoms with Crippen molar-refractivity contribution in [3.63, 3.8) is 0 Å². The van der Waals surface area contributed by atoms with E-state index in [4.69, 9.17) is 5.11 Å². The summed E-state index contributed by atoms with van der Waals surface area (Å²) in [5.74, 6) is -1.31. The maximum absolute atomic E-state index is 11.7. The normalized spacial score (nSPS) is 9.95. The number of carbonyl (C=O) groups is 3. The van der Waals surface area contributed by atoms with E-state index in [0.717, 1.165) is 11.3 Å². The zero-order valence-corrected chi connectivity index (χ0v) is 12.2. The van der Waals surface area contributed by atoms with Crippen LogP contribution in [0.25, 0.3) is 0 Å². The van der Waals surface area contributed by atoms with E-state index in [0.29, 0.717) is 10.7 Å². The van der Waals surface area contributed by atoms with Crippen LogP contribution < -0.4 is 10.6 Å². The van der Waals surface area contributed by atoms with E-state index in [9.17, 15) is 14.4 Å². The van der Waals surface area contributed by atoms with Crippen molar-refractivity contribution in [1.29, 1.82) is 0 Å². The van der Waals surface area contributed by atoms with Gasteiger partial charge in [-0.1, -0.05) is 0 Å². The summed E-state index contributed by atoms with van der Waals surface area (Å²) in [6.45, 7) is 1.66. The number of likely N-dealkylation sites (N-methyl/N-ethyl adjacent to an activating group) is 2. The number of nitrogens with zero attached hydrogens (tertiary/aromatic N) is 2. The Morgan fingerprint density at radius 3 is 2.55 bits per heavy atom. The van der Waals surface area contributed by atoms with Gasteiger partial charge in [-0.05, 0) is 6.92 Å². The van der Waals surface area contributed by atoms with Gasteiger partial charge in [-0.15, -0.1) is 11.3 Å². The number of carboxylic acid groups (broad SMARTS) is 1. The third kappa shape index (κ3) is 4.19. The zero-order valence-electron chi connectivity index (χ0n) is 11.4. The average Bonchev–Trinajstić information content (AvgIpc) is 2.77. The summed E-state index contributed by atoms with van der Waals surface area (Å²) >= 11 is 1.02. The highest BCUT2D eigenvalue weighted by atomic mass is 32.1. The highest BCUT2D eigenvalue weighted by Gasteiger charge is 2.16. The third-order valence-corrected chi connectivity index (χ3v) is 3.58.